The molecule has 0 unspecified atom stereocenters. The van der Waals surface area contributed by atoms with Crippen molar-refractivity contribution in [3.63, 3.8) is 0 Å². The zero-order valence-corrected chi connectivity index (χ0v) is 15.9. The highest BCUT2D eigenvalue weighted by Crippen LogP contribution is 2.23. The minimum atomic E-state index is -0.0584. The summed E-state index contributed by atoms with van der Waals surface area (Å²) in [6, 6.07) is 13.6. The predicted molar refractivity (Wildman–Crippen MR) is 107 cm³/mol. The molecule has 2 aromatic heterocycles. The number of hydrogen-bond acceptors (Lipinski definition) is 6. The number of rotatable bonds is 6. The van der Waals surface area contributed by atoms with E-state index in [0.717, 1.165) is 37.4 Å². The molecule has 0 amide bonds. The molecule has 0 radical (unpaired) electrons. The number of para-hydroxylation sites is 1. The molecule has 146 valence electrons. The summed E-state index contributed by atoms with van der Waals surface area (Å²) in [5.74, 6) is 2.56. The van der Waals surface area contributed by atoms with Crippen LogP contribution < -0.4 is 20.5 Å². The van der Waals surface area contributed by atoms with Gasteiger partial charge in [0, 0.05) is 44.6 Å². The first-order valence-electron chi connectivity index (χ1n) is 9.50. The molecule has 1 aromatic carbocycles. The number of anilines is 1. The maximum absolute atomic E-state index is 12.3. The summed E-state index contributed by atoms with van der Waals surface area (Å²) in [6.07, 6.45) is 5.41. The van der Waals surface area contributed by atoms with Crippen LogP contribution in [-0.2, 0) is 13.6 Å². The third-order valence-corrected chi connectivity index (χ3v) is 4.88. The van der Waals surface area contributed by atoms with Gasteiger partial charge >= 0.3 is 0 Å². The van der Waals surface area contributed by atoms with Crippen LogP contribution in [0.15, 0.2) is 64.1 Å². The molecule has 7 nitrogen and oxygen atoms in total. The number of piperidine rings is 1. The van der Waals surface area contributed by atoms with Crippen molar-refractivity contribution in [2.75, 3.05) is 18.0 Å². The Morgan fingerprint density at radius 3 is 2.96 bits per heavy atom. The second-order valence-corrected chi connectivity index (χ2v) is 6.97. The first-order chi connectivity index (χ1) is 13.7. The van der Waals surface area contributed by atoms with E-state index in [0.29, 0.717) is 18.3 Å². The number of nitrogens with zero attached hydrogens (tertiary/aromatic N) is 3. The zero-order valence-electron chi connectivity index (χ0n) is 15.9. The number of ether oxygens (including phenoxy) is 1. The molecule has 1 aliphatic rings. The Bertz CT molecular complexity index is 967. The van der Waals surface area contributed by atoms with E-state index in [9.17, 15) is 4.79 Å². The van der Waals surface area contributed by atoms with Crippen LogP contribution in [0.5, 0.6) is 11.7 Å². The van der Waals surface area contributed by atoms with Gasteiger partial charge in [-0.3, -0.25) is 4.79 Å². The van der Waals surface area contributed by atoms with Crippen LogP contribution in [0.4, 0.5) is 5.82 Å². The van der Waals surface area contributed by atoms with Gasteiger partial charge in [0.15, 0.2) is 5.82 Å². The fraction of sp³-hybridized carbons (Fsp3) is 0.333. The topological polar surface area (TPSA) is 72.5 Å². The monoisotopic (exact) mass is 380 g/mol. The van der Waals surface area contributed by atoms with E-state index in [1.807, 2.05) is 42.5 Å². The minimum absolute atomic E-state index is 0.0584. The van der Waals surface area contributed by atoms with Crippen LogP contribution in [0.1, 0.15) is 18.6 Å². The van der Waals surface area contributed by atoms with E-state index in [1.54, 1.807) is 24.0 Å². The van der Waals surface area contributed by atoms with Crippen molar-refractivity contribution >= 4 is 5.82 Å². The predicted octanol–water partition coefficient (Wildman–Crippen LogP) is 2.92. The van der Waals surface area contributed by atoms with Crippen molar-refractivity contribution in [2.24, 2.45) is 7.05 Å². The van der Waals surface area contributed by atoms with Gasteiger partial charge in [0.05, 0.1) is 6.54 Å². The largest absolute Gasteiger partial charge is 0.429 e. The van der Waals surface area contributed by atoms with Crippen molar-refractivity contribution < 1.29 is 9.15 Å². The van der Waals surface area contributed by atoms with Crippen LogP contribution in [0.3, 0.4) is 0 Å². The van der Waals surface area contributed by atoms with Crippen LogP contribution >= 0.6 is 0 Å². The molecule has 0 bridgehead atoms. The Kier molecular flexibility index (Phi) is 5.43. The Balaban J connectivity index is 1.34. The molecule has 4 rings (SSSR count). The highest BCUT2D eigenvalue weighted by atomic mass is 16.6. The molecule has 0 spiro atoms. The Hall–Kier alpha value is -3.06. The van der Waals surface area contributed by atoms with Gasteiger partial charge in [0.2, 0.25) is 0 Å². The van der Waals surface area contributed by atoms with Gasteiger partial charge in [-0.15, -0.1) is 0 Å². The summed E-state index contributed by atoms with van der Waals surface area (Å²) in [4.78, 5) is 18.7. The quantitative estimate of drug-likeness (QED) is 0.709. The molecule has 1 aliphatic heterocycles. The minimum Gasteiger partial charge on any atom is -0.429 e. The number of aromatic nitrogens is 2. The van der Waals surface area contributed by atoms with Gasteiger partial charge < -0.3 is 23.9 Å². The summed E-state index contributed by atoms with van der Waals surface area (Å²) >= 11 is 0. The standard InChI is InChI=1S/C21H24N4O3/c1-24-13-11-22-20(21(24)26)25-12-5-6-16(15-25)23-14-18-9-10-19(28-18)27-17-7-3-2-4-8-17/h2-4,7-11,13,16,23H,5-6,12,14-15H2,1H3/t16-/m1/s1. The Morgan fingerprint density at radius 1 is 1.25 bits per heavy atom. The lowest BCUT2D eigenvalue weighted by Crippen LogP contribution is -2.47. The second kappa shape index (κ2) is 8.31. The van der Waals surface area contributed by atoms with Crippen LogP contribution in [0.2, 0.25) is 0 Å². The second-order valence-electron chi connectivity index (χ2n) is 6.97. The van der Waals surface area contributed by atoms with Gasteiger partial charge in [-0.25, -0.2) is 4.98 Å². The van der Waals surface area contributed by atoms with Gasteiger partial charge in [-0.05, 0) is 31.0 Å². The summed E-state index contributed by atoms with van der Waals surface area (Å²) in [6.45, 7) is 2.21. The third kappa shape index (κ3) is 4.26. The lowest BCUT2D eigenvalue weighted by molar-refractivity contribution is 0.320. The van der Waals surface area contributed by atoms with E-state index < -0.39 is 0 Å². The van der Waals surface area contributed by atoms with E-state index in [2.05, 4.69) is 15.2 Å². The maximum Gasteiger partial charge on any atom is 0.293 e. The molecule has 3 heterocycles. The summed E-state index contributed by atoms with van der Waals surface area (Å²) in [5, 5.41) is 3.52. The number of aryl methyl sites for hydroxylation is 1. The normalized spacial score (nSPS) is 16.9. The Labute approximate surface area is 163 Å². The highest BCUT2D eigenvalue weighted by molar-refractivity contribution is 5.36. The molecule has 3 aromatic rings. The van der Waals surface area contributed by atoms with E-state index in [1.165, 1.54) is 0 Å². The average molecular weight is 380 g/mol. The molecular weight excluding hydrogens is 356 g/mol. The van der Waals surface area contributed by atoms with Gasteiger partial charge in [-0.2, -0.15) is 0 Å². The van der Waals surface area contributed by atoms with E-state index >= 15 is 0 Å². The van der Waals surface area contributed by atoms with Gasteiger partial charge in [0.1, 0.15) is 11.5 Å². The number of hydrogen-bond donors (Lipinski definition) is 1. The first kappa shape index (κ1) is 18.3. The SMILES string of the molecule is Cn1ccnc(N2CCC[C@@H](NCc3ccc(Oc4ccccc4)o3)C2)c1=O. The summed E-state index contributed by atoms with van der Waals surface area (Å²) in [5.41, 5.74) is -0.0584. The number of nitrogens with one attached hydrogen (secondary N) is 1. The zero-order chi connectivity index (χ0) is 19.3. The van der Waals surface area contributed by atoms with Crippen molar-refractivity contribution in [2.45, 2.75) is 25.4 Å². The number of benzene rings is 1. The number of furan rings is 1. The van der Waals surface area contributed by atoms with Crippen molar-refractivity contribution in [3.8, 4) is 11.7 Å². The molecule has 0 aliphatic carbocycles. The molecular formula is C21H24N4O3. The molecule has 0 saturated carbocycles. The lowest BCUT2D eigenvalue weighted by Gasteiger charge is -2.33. The Morgan fingerprint density at radius 2 is 2.11 bits per heavy atom. The highest BCUT2D eigenvalue weighted by Gasteiger charge is 2.23. The third-order valence-electron chi connectivity index (χ3n) is 4.88. The van der Waals surface area contributed by atoms with Crippen molar-refractivity contribution in [1.29, 1.82) is 0 Å². The molecule has 1 N–H and O–H groups in total. The molecule has 1 fully saturated rings. The molecule has 1 atom stereocenters. The van der Waals surface area contributed by atoms with Crippen molar-refractivity contribution in [3.05, 3.63) is 71.0 Å². The van der Waals surface area contributed by atoms with E-state index in [4.69, 9.17) is 9.15 Å². The average Bonchev–Trinajstić information content (AvgIpc) is 3.17. The molecule has 1 saturated heterocycles. The lowest BCUT2D eigenvalue weighted by atomic mass is 10.1. The van der Waals surface area contributed by atoms with Crippen molar-refractivity contribution in [1.82, 2.24) is 14.9 Å². The summed E-state index contributed by atoms with van der Waals surface area (Å²) in [7, 11) is 1.75. The maximum atomic E-state index is 12.3. The van der Waals surface area contributed by atoms with E-state index in [-0.39, 0.29) is 11.6 Å². The van der Waals surface area contributed by atoms with Crippen LogP contribution in [0, 0.1) is 0 Å². The smallest absolute Gasteiger partial charge is 0.293 e. The van der Waals surface area contributed by atoms with Crippen LogP contribution in [0.25, 0.3) is 0 Å². The van der Waals surface area contributed by atoms with Crippen LogP contribution in [-0.4, -0.2) is 28.7 Å². The van der Waals surface area contributed by atoms with Gasteiger partial charge in [0.25, 0.3) is 11.5 Å². The fourth-order valence-electron chi connectivity index (χ4n) is 3.40. The van der Waals surface area contributed by atoms with Gasteiger partial charge in [-0.1, -0.05) is 18.2 Å². The molecule has 28 heavy (non-hydrogen) atoms. The first-order valence-corrected chi connectivity index (χ1v) is 9.50. The fourth-order valence-corrected chi connectivity index (χ4v) is 3.40. The summed E-state index contributed by atoms with van der Waals surface area (Å²) < 4.78 is 13.0. The molecule has 7 heteroatoms.